The highest BCUT2D eigenvalue weighted by molar-refractivity contribution is 5.79. The maximum Gasteiger partial charge on any atom is 0.328 e. The fourth-order valence-electron chi connectivity index (χ4n) is 3.01. The predicted octanol–water partition coefficient (Wildman–Crippen LogP) is 2.09. The minimum Gasteiger partial charge on any atom is -0.355 e. The SMILES string of the molecule is Cc1ccc(CC(=O)NCCc2ccc3c(c2)n(C)c(=O)n3C)cc1. The molecule has 5 nitrogen and oxygen atoms in total. The Hall–Kier alpha value is -2.82. The van der Waals surface area contributed by atoms with Crippen molar-refractivity contribution >= 4 is 16.9 Å². The number of hydrogen-bond donors (Lipinski definition) is 1. The van der Waals surface area contributed by atoms with Crippen LogP contribution in [0.4, 0.5) is 0 Å². The maximum atomic E-state index is 12.0. The summed E-state index contributed by atoms with van der Waals surface area (Å²) in [6, 6.07) is 14.0. The van der Waals surface area contributed by atoms with E-state index in [2.05, 4.69) is 5.32 Å². The van der Waals surface area contributed by atoms with Crippen LogP contribution in [-0.4, -0.2) is 21.6 Å². The van der Waals surface area contributed by atoms with Crippen LogP contribution in [0.2, 0.25) is 0 Å². The quantitative estimate of drug-likeness (QED) is 0.775. The zero-order valence-electron chi connectivity index (χ0n) is 14.9. The van der Waals surface area contributed by atoms with Crippen LogP contribution < -0.4 is 11.0 Å². The van der Waals surface area contributed by atoms with E-state index in [0.717, 1.165) is 28.6 Å². The fraction of sp³-hybridized carbons (Fsp3) is 0.300. The number of amides is 1. The van der Waals surface area contributed by atoms with Gasteiger partial charge in [0.25, 0.3) is 0 Å². The fourth-order valence-corrected chi connectivity index (χ4v) is 3.01. The Morgan fingerprint density at radius 3 is 2.32 bits per heavy atom. The van der Waals surface area contributed by atoms with Crippen LogP contribution in [0.5, 0.6) is 0 Å². The van der Waals surface area contributed by atoms with E-state index >= 15 is 0 Å². The molecule has 0 atom stereocenters. The molecule has 1 aromatic heterocycles. The molecule has 3 aromatic rings. The minimum absolute atomic E-state index is 0.0250. The average molecular weight is 337 g/mol. The van der Waals surface area contributed by atoms with Crippen LogP contribution in [0.1, 0.15) is 16.7 Å². The number of rotatable bonds is 5. The van der Waals surface area contributed by atoms with Crippen molar-refractivity contribution in [3.05, 3.63) is 69.6 Å². The summed E-state index contributed by atoms with van der Waals surface area (Å²) in [7, 11) is 3.55. The van der Waals surface area contributed by atoms with Gasteiger partial charge in [-0.1, -0.05) is 35.9 Å². The molecule has 0 saturated carbocycles. The van der Waals surface area contributed by atoms with E-state index in [9.17, 15) is 9.59 Å². The Morgan fingerprint density at radius 2 is 1.60 bits per heavy atom. The molecule has 1 amide bonds. The van der Waals surface area contributed by atoms with Gasteiger partial charge in [-0.25, -0.2) is 4.79 Å². The summed E-state index contributed by atoms with van der Waals surface area (Å²) in [5, 5.41) is 2.96. The largest absolute Gasteiger partial charge is 0.355 e. The normalized spacial score (nSPS) is 11.0. The predicted molar refractivity (Wildman–Crippen MR) is 99.8 cm³/mol. The lowest BCUT2D eigenvalue weighted by Crippen LogP contribution is -2.27. The van der Waals surface area contributed by atoms with Crippen molar-refractivity contribution in [1.29, 1.82) is 0 Å². The van der Waals surface area contributed by atoms with Crippen molar-refractivity contribution in [3.63, 3.8) is 0 Å². The number of aryl methyl sites for hydroxylation is 3. The van der Waals surface area contributed by atoms with E-state index < -0.39 is 0 Å². The number of benzene rings is 2. The molecule has 0 fully saturated rings. The van der Waals surface area contributed by atoms with Gasteiger partial charge in [-0.2, -0.15) is 0 Å². The number of hydrogen-bond acceptors (Lipinski definition) is 2. The van der Waals surface area contributed by atoms with Crippen molar-refractivity contribution in [1.82, 2.24) is 14.5 Å². The molecule has 0 radical (unpaired) electrons. The van der Waals surface area contributed by atoms with Gasteiger partial charge in [0, 0.05) is 20.6 Å². The number of carbonyl (C=O) groups excluding carboxylic acids is 1. The summed E-state index contributed by atoms with van der Waals surface area (Å²) in [6.07, 6.45) is 1.13. The van der Waals surface area contributed by atoms with Gasteiger partial charge in [-0.3, -0.25) is 13.9 Å². The number of nitrogens with zero attached hydrogens (tertiary/aromatic N) is 2. The molecule has 1 N–H and O–H groups in total. The van der Waals surface area contributed by atoms with E-state index in [1.807, 2.05) is 49.4 Å². The average Bonchev–Trinajstić information content (AvgIpc) is 2.81. The monoisotopic (exact) mass is 337 g/mol. The van der Waals surface area contributed by atoms with E-state index in [4.69, 9.17) is 0 Å². The van der Waals surface area contributed by atoms with Crippen molar-refractivity contribution in [2.45, 2.75) is 19.8 Å². The third kappa shape index (κ3) is 3.65. The summed E-state index contributed by atoms with van der Waals surface area (Å²) < 4.78 is 3.29. The lowest BCUT2D eigenvalue weighted by molar-refractivity contribution is -0.120. The second-order valence-corrected chi connectivity index (χ2v) is 6.49. The van der Waals surface area contributed by atoms with Crippen molar-refractivity contribution in [3.8, 4) is 0 Å². The lowest BCUT2D eigenvalue weighted by atomic mass is 10.1. The summed E-state index contributed by atoms with van der Waals surface area (Å²) in [4.78, 5) is 24.0. The number of aromatic nitrogens is 2. The van der Waals surface area contributed by atoms with E-state index in [-0.39, 0.29) is 11.6 Å². The molecule has 0 aliphatic heterocycles. The van der Waals surface area contributed by atoms with Crippen molar-refractivity contribution in [2.24, 2.45) is 14.1 Å². The molecule has 0 aliphatic rings. The first-order valence-electron chi connectivity index (χ1n) is 8.42. The topological polar surface area (TPSA) is 56.0 Å². The highest BCUT2D eigenvalue weighted by Crippen LogP contribution is 2.14. The van der Waals surface area contributed by atoms with Crippen LogP contribution in [0.25, 0.3) is 11.0 Å². The molecule has 130 valence electrons. The van der Waals surface area contributed by atoms with Crippen LogP contribution in [-0.2, 0) is 31.7 Å². The van der Waals surface area contributed by atoms with Gasteiger partial charge in [0.2, 0.25) is 5.91 Å². The van der Waals surface area contributed by atoms with Gasteiger partial charge in [-0.05, 0) is 36.6 Å². The molecule has 0 bridgehead atoms. The van der Waals surface area contributed by atoms with Gasteiger partial charge in [0.05, 0.1) is 17.5 Å². The molecule has 2 aromatic carbocycles. The Bertz CT molecular complexity index is 965. The summed E-state index contributed by atoms with van der Waals surface area (Å²) in [5.74, 6) is 0.0250. The standard InChI is InChI=1S/C20H23N3O2/c1-14-4-6-15(7-5-14)13-19(24)21-11-10-16-8-9-17-18(12-16)23(3)20(25)22(17)2/h4-9,12H,10-11,13H2,1-3H3,(H,21,24). The maximum absolute atomic E-state index is 12.0. The second-order valence-electron chi connectivity index (χ2n) is 6.49. The molecule has 5 heteroatoms. The number of fused-ring (bicyclic) bond motifs is 1. The van der Waals surface area contributed by atoms with E-state index in [0.29, 0.717) is 13.0 Å². The Morgan fingerprint density at radius 1 is 0.960 bits per heavy atom. The van der Waals surface area contributed by atoms with Crippen molar-refractivity contribution in [2.75, 3.05) is 6.54 Å². The van der Waals surface area contributed by atoms with Crippen LogP contribution >= 0.6 is 0 Å². The number of nitrogens with one attached hydrogen (secondary N) is 1. The number of carbonyl (C=O) groups is 1. The molecule has 0 aliphatic carbocycles. The first-order valence-corrected chi connectivity index (χ1v) is 8.42. The molecule has 1 heterocycles. The Kier molecular flexibility index (Phi) is 4.74. The highest BCUT2D eigenvalue weighted by atomic mass is 16.2. The lowest BCUT2D eigenvalue weighted by Gasteiger charge is -2.07. The van der Waals surface area contributed by atoms with Crippen LogP contribution in [0, 0.1) is 6.92 Å². The smallest absolute Gasteiger partial charge is 0.328 e. The van der Waals surface area contributed by atoms with E-state index in [1.165, 1.54) is 5.56 Å². The molecule has 0 spiro atoms. The first-order chi connectivity index (χ1) is 12.0. The Labute approximate surface area is 146 Å². The summed E-state index contributed by atoms with van der Waals surface area (Å²) >= 11 is 0. The molecule has 3 rings (SSSR count). The van der Waals surface area contributed by atoms with E-state index in [1.54, 1.807) is 23.2 Å². The number of imidazole rings is 1. The molecule has 0 saturated heterocycles. The van der Waals surface area contributed by atoms with Gasteiger partial charge in [0.1, 0.15) is 0 Å². The highest BCUT2D eigenvalue weighted by Gasteiger charge is 2.08. The van der Waals surface area contributed by atoms with Gasteiger partial charge in [-0.15, -0.1) is 0 Å². The molecular weight excluding hydrogens is 314 g/mol. The molecule has 25 heavy (non-hydrogen) atoms. The minimum atomic E-state index is -0.0291. The first kappa shape index (κ1) is 17.0. The van der Waals surface area contributed by atoms with Crippen molar-refractivity contribution < 1.29 is 4.79 Å². The molecular formula is C20H23N3O2. The zero-order valence-corrected chi connectivity index (χ0v) is 14.9. The van der Waals surface area contributed by atoms with Crippen LogP contribution in [0.3, 0.4) is 0 Å². The van der Waals surface area contributed by atoms with Gasteiger partial charge >= 0.3 is 5.69 Å². The van der Waals surface area contributed by atoms with Crippen LogP contribution in [0.15, 0.2) is 47.3 Å². The second kappa shape index (κ2) is 6.97. The van der Waals surface area contributed by atoms with Gasteiger partial charge < -0.3 is 5.32 Å². The third-order valence-corrected chi connectivity index (χ3v) is 4.56. The zero-order chi connectivity index (χ0) is 18.0. The summed E-state index contributed by atoms with van der Waals surface area (Å²) in [5.41, 5.74) is 5.11. The van der Waals surface area contributed by atoms with Gasteiger partial charge in [0.15, 0.2) is 0 Å². The third-order valence-electron chi connectivity index (χ3n) is 4.56. The molecule has 0 unspecified atom stereocenters. The Balaban J connectivity index is 1.59. The summed E-state index contributed by atoms with van der Waals surface area (Å²) in [6.45, 7) is 2.61.